The van der Waals surface area contributed by atoms with Crippen LogP contribution in [0.25, 0.3) is 11.1 Å². The number of pyridine rings is 1. The van der Waals surface area contributed by atoms with Gasteiger partial charge in [0.15, 0.2) is 0 Å². The van der Waals surface area contributed by atoms with Gasteiger partial charge >= 0.3 is 0 Å². The van der Waals surface area contributed by atoms with E-state index in [0.717, 1.165) is 28.4 Å². The highest BCUT2D eigenvalue weighted by Gasteiger charge is 2.35. The average molecular weight is 578 g/mol. The first-order chi connectivity index (χ1) is 19.7. The van der Waals surface area contributed by atoms with Gasteiger partial charge in [-0.15, -0.1) is 0 Å². The molecule has 4 nitrogen and oxygen atoms in total. The summed E-state index contributed by atoms with van der Waals surface area (Å²) in [5.74, 6) is 4.82. The van der Waals surface area contributed by atoms with E-state index in [1.807, 2.05) is 12.1 Å². The quantitative estimate of drug-likeness (QED) is 0.179. The van der Waals surface area contributed by atoms with Gasteiger partial charge in [0.2, 0.25) is 5.88 Å². The lowest BCUT2D eigenvalue weighted by Gasteiger charge is -2.31. The van der Waals surface area contributed by atoms with Crippen LogP contribution < -0.4 is 9.47 Å². The van der Waals surface area contributed by atoms with E-state index < -0.39 is 0 Å². The number of nitrogens with zero attached hydrogens (tertiary/aromatic N) is 2. The molecule has 0 spiro atoms. The topological polar surface area (TPSA) is 34.6 Å². The minimum absolute atomic E-state index is 0.0226. The van der Waals surface area contributed by atoms with E-state index in [4.69, 9.17) is 9.47 Å². The lowest BCUT2D eigenvalue weighted by Crippen LogP contribution is -2.36. The lowest BCUT2D eigenvalue weighted by atomic mass is 9.96. The maximum atomic E-state index is 15.0. The van der Waals surface area contributed by atoms with Crippen molar-refractivity contribution in [2.45, 2.75) is 85.5 Å². The van der Waals surface area contributed by atoms with Crippen LogP contribution in [-0.4, -0.2) is 47.2 Å². The van der Waals surface area contributed by atoms with E-state index >= 15 is 4.39 Å². The van der Waals surface area contributed by atoms with Crippen LogP contribution in [0.2, 0.25) is 0 Å². The minimum atomic E-state index is -0.355. The predicted octanol–water partition coefficient (Wildman–Crippen LogP) is 8.91. The molecule has 0 amide bonds. The highest BCUT2D eigenvalue weighted by atomic mass is 31.1. The molecule has 0 aliphatic heterocycles. The fraction of sp³-hybridized carbons (Fsp3) is 0.486. The number of methoxy groups -OCH3 is 1. The maximum Gasteiger partial charge on any atom is 0.213 e. The van der Waals surface area contributed by atoms with E-state index in [-0.39, 0.29) is 13.4 Å². The molecule has 1 aromatic heterocycles. The van der Waals surface area contributed by atoms with Gasteiger partial charge in [-0.25, -0.2) is 9.37 Å². The zero-order valence-electron chi connectivity index (χ0n) is 25.9. The molecule has 3 aromatic rings. The van der Waals surface area contributed by atoms with Crippen molar-refractivity contribution >= 4 is 13.3 Å². The number of hydrogen-bond donors (Lipinski definition) is 0. The summed E-state index contributed by atoms with van der Waals surface area (Å²) in [5.41, 5.74) is 4.90. The number of halogens is 1. The van der Waals surface area contributed by atoms with Crippen LogP contribution in [0.15, 0.2) is 54.7 Å². The van der Waals surface area contributed by atoms with E-state index in [0.29, 0.717) is 42.6 Å². The molecule has 0 saturated heterocycles. The number of ether oxygens (including phenoxy) is 2. The molecular weight excluding hydrogens is 530 g/mol. The van der Waals surface area contributed by atoms with Crippen LogP contribution in [0.3, 0.4) is 0 Å². The van der Waals surface area contributed by atoms with Gasteiger partial charge in [-0.3, -0.25) is 4.90 Å². The summed E-state index contributed by atoms with van der Waals surface area (Å²) in [5, 5.41) is 0. The van der Waals surface area contributed by atoms with Crippen LogP contribution in [0, 0.1) is 11.7 Å². The standard InChI is InChI=1S/C35H47FN2O2P/c1-8-41(9-2)23-33(27-14-15-27)28-11-10-12-30(18-28)40-22-26-13-16-31(32-19-35(39-7)37-20-34(32)36)29(17-26)21-38(24(3)4)25(5)6/h8,10-13,16-20,24-25,27,33H,9,14-15,21-23H2,1-7H3/q+1/t33-/m0/s1. The molecule has 220 valence electrons. The first-order valence-electron chi connectivity index (χ1n) is 15.1. The molecule has 1 saturated carbocycles. The molecule has 6 heteroatoms. The highest BCUT2D eigenvalue weighted by Crippen LogP contribution is 2.47. The van der Waals surface area contributed by atoms with Crippen molar-refractivity contribution in [2.24, 2.45) is 5.92 Å². The molecule has 1 unspecified atom stereocenters. The predicted molar refractivity (Wildman–Crippen MR) is 172 cm³/mol. The van der Waals surface area contributed by atoms with Gasteiger partial charge in [-0.2, -0.15) is 0 Å². The van der Waals surface area contributed by atoms with E-state index in [1.165, 1.54) is 36.9 Å². The van der Waals surface area contributed by atoms with Crippen LogP contribution in [0.4, 0.5) is 4.39 Å². The van der Waals surface area contributed by atoms with E-state index in [2.05, 4.69) is 87.6 Å². The van der Waals surface area contributed by atoms with Gasteiger partial charge < -0.3 is 9.47 Å². The Labute approximate surface area is 247 Å². The smallest absolute Gasteiger partial charge is 0.213 e. The van der Waals surface area contributed by atoms with Crippen molar-refractivity contribution < 1.29 is 13.9 Å². The Morgan fingerprint density at radius 2 is 1.80 bits per heavy atom. The molecule has 41 heavy (non-hydrogen) atoms. The molecule has 1 heterocycles. The summed E-state index contributed by atoms with van der Waals surface area (Å²) in [6.45, 7) is 14.5. The monoisotopic (exact) mass is 577 g/mol. The highest BCUT2D eigenvalue weighted by molar-refractivity contribution is 7.57. The Morgan fingerprint density at radius 3 is 2.44 bits per heavy atom. The third kappa shape index (κ3) is 8.17. The summed E-state index contributed by atoms with van der Waals surface area (Å²) in [6, 6.07) is 17.4. The normalized spacial score (nSPS) is 14.7. The number of benzene rings is 2. The number of rotatable bonds is 14. The number of hydrogen-bond acceptors (Lipinski definition) is 4. The van der Waals surface area contributed by atoms with E-state index in [1.54, 1.807) is 13.2 Å². The first-order valence-corrected chi connectivity index (χ1v) is 16.9. The molecule has 1 aliphatic rings. The first kappa shape index (κ1) is 31.2. The van der Waals surface area contributed by atoms with Crippen molar-refractivity contribution in [3.63, 3.8) is 0 Å². The molecule has 0 bridgehead atoms. The van der Waals surface area contributed by atoms with Crippen molar-refractivity contribution in [2.75, 3.05) is 19.4 Å². The molecule has 0 radical (unpaired) electrons. The van der Waals surface area contributed by atoms with Gasteiger partial charge in [0.25, 0.3) is 0 Å². The molecule has 1 aliphatic carbocycles. The summed E-state index contributed by atoms with van der Waals surface area (Å²) < 4.78 is 26.7. The van der Waals surface area contributed by atoms with E-state index in [9.17, 15) is 0 Å². The summed E-state index contributed by atoms with van der Waals surface area (Å²) >= 11 is 0. The largest absolute Gasteiger partial charge is 0.489 e. The second-order valence-corrected chi connectivity index (χ2v) is 14.4. The lowest BCUT2D eigenvalue weighted by molar-refractivity contribution is 0.166. The minimum Gasteiger partial charge on any atom is -0.489 e. The zero-order chi connectivity index (χ0) is 29.5. The van der Waals surface area contributed by atoms with Crippen LogP contribution in [-0.2, 0) is 13.2 Å². The Morgan fingerprint density at radius 1 is 1.05 bits per heavy atom. The van der Waals surface area contributed by atoms with Crippen LogP contribution >= 0.6 is 7.55 Å². The Bertz CT molecular complexity index is 1330. The molecule has 2 aromatic carbocycles. The van der Waals surface area contributed by atoms with Crippen molar-refractivity contribution in [1.82, 2.24) is 9.88 Å². The van der Waals surface area contributed by atoms with Crippen molar-refractivity contribution in [3.05, 3.63) is 77.2 Å². The SMILES string of the molecule is CC=[P+](CC)C[C@H](c1cccc(OCc2ccc(-c3cc(OC)ncc3F)c(CN(C(C)C)C(C)C)c2)c1)C1CC1. The van der Waals surface area contributed by atoms with Gasteiger partial charge in [0.05, 0.1) is 26.6 Å². The Hall–Kier alpha value is -2.75. The number of aromatic nitrogens is 1. The fourth-order valence-corrected chi connectivity index (χ4v) is 7.57. The molecule has 2 atom stereocenters. The summed E-state index contributed by atoms with van der Waals surface area (Å²) in [6.07, 6.45) is 6.46. The van der Waals surface area contributed by atoms with Crippen molar-refractivity contribution in [3.8, 4) is 22.8 Å². The molecule has 0 N–H and O–H groups in total. The second-order valence-electron chi connectivity index (χ2n) is 11.7. The Kier molecular flexibility index (Phi) is 11.0. The van der Waals surface area contributed by atoms with Gasteiger partial charge in [-0.1, -0.05) is 30.3 Å². The fourth-order valence-electron chi connectivity index (χ4n) is 5.72. The molecule has 4 rings (SSSR count). The van der Waals surface area contributed by atoms with Crippen molar-refractivity contribution in [1.29, 1.82) is 0 Å². The van der Waals surface area contributed by atoms with Crippen LogP contribution in [0.1, 0.15) is 77.0 Å². The Balaban J connectivity index is 1.60. The molecular formula is C35H47FN2O2P+. The van der Waals surface area contributed by atoms with Crippen LogP contribution in [0.5, 0.6) is 11.6 Å². The average Bonchev–Trinajstić information content (AvgIpc) is 3.81. The third-order valence-corrected chi connectivity index (χ3v) is 10.7. The van der Waals surface area contributed by atoms with Gasteiger partial charge in [0.1, 0.15) is 30.5 Å². The summed E-state index contributed by atoms with van der Waals surface area (Å²) in [4.78, 5) is 6.46. The summed E-state index contributed by atoms with van der Waals surface area (Å²) in [7, 11) is 1.53. The maximum absolute atomic E-state index is 15.0. The van der Waals surface area contributed by atoms with Gasteiger partial charge in [0, 0.05) is 36.2 Å². The second kappa shape index (κ2) is 14.4. The zero-order valence-corrected chi connectivity index (χ0v) is 26.8. The van der Waals surface area contributed by atoms with Gasteiger partial charge in [-0.05, 0) is 94.7 Å². The third-order valence-electron chi connectivity index (χ3n) is 8.26. The molecule has 1 fully saturated rings.